The summed E-state index contributed by atoms with van der Waals surface area (Å²) in [6.45, 7) is 1.26. The van der Waals surface area contributed by atoms with Gasteiger partial charge in [0.15, 0.2) is 0 Å². The molecule has 5 nitrogen and oxygen atoms in total. The second-order valence-electron chi connectivity index (χ2n) is 5.85. The molecule has 0 bridgehead atoms. The molecular weight excluding hydrogens is 328 g/mol. The number of benzene rings is 1. The molecule has 24 heavy (non-hydrogen) atoms. The van der Waals surface area contributed by atoms with E-state index in [0.717, 1.165) is 17.9 Å². The fraction of sp³-hybridized carbons (Fsp3) is 0.278. The number of carboxylic acids is 1. The molecule has 0 radical (unpaired) electrons. The average Bonchev–Trinajstić information content (AvgIpc) is 2.62. The summed E-state index contributed by atoms with van der Waals surface area (Å²) in [5.41, 5.74) is 1.49. The van der Waals surface area contributed by atoms with Crippen molar-refractivity contribution in [3.63, 3.8) is 0 Å². The fourth-order valence-electron chi connectivity index (χ4n) is 2.99. The molecule has 0 unspecified atom stereocenters. The van der Waals surface area contributed by atoms with Crippen LogP contribution in [-0.2, 0) is 0 Å². The summed E-state index contributed by atoms with van der Waals surface area (Å²) in [6.07, 6.45) is 3.09. The predicted octanol–water partition coefficient (Wildman–Crippen LogP) is 3.45. The van der Waals surface area contributed by atoms with Gasteiger partial charge in [-0.25, -0.2) is 4.79 Å². The highest BCUT2D eigenvalue weighted by Crippen LogP contribution is 2.29. The zero-order valence-corrected chi connectivity index (χ0v) is 13.7. The molecule has 3 rings (SSSR count). The molecule has 1 aromatic carbocycles. The number of pyridine rings is 1. The standard InChI is InChI=1S/C18H17ClN2O3/c19-15-3-1-12(2-4-15)13-6-9-21(10-7-13)17(22)16-11-14(18(23)24)5-8-20-16/h1-5,8,11,13H,6-7,9-10H2,(H,23,24). The van der Waals surface area contributed by atoms with Crippen molar-refractivity contribution in [2.24, 2.45) is 0 Å². The highest BCUT2D eigenvalue weighted by Gasteiger charge is 2.25. The number of aromatic carboxylic acids is 1. The number of amides is 1. The van der Waals surface area contributed by atoms with Crippen LogP contribution in [0.2, 0.25) is 5.02 Å². The highest BCUT2D eigenvalue weighted by molar-refractivity contribution is 6.30. The Morgan fingerprint density at radius 1 is 1.12 bits per heavy atom. The van der Waals surface area contributed by atoms with Crippen molar-refractivity contribution in [3.05, 3.63) is 64.4 Å². The molecule has 0 atom stereocenters. The van der Waals surface area contributed by atoms with Crippen LogP contribution in [0.4, 0.5) is 0 Å². The van der Waals surface area contributed by atoms with Gasteiger partial charge in [0, 0.05) is 24.3 Å². The van der Waals surface area contributed by atoms with Gasteiger partial charge < -0.3 is 10.0 Å². The van der Waals surface area contributed by atoms with Crippen molar-refractivity contribution in [3.8, 4) is 0 Å². The first-order valence-electron chi connectivity index (χ1n) is 7.78. The second kappa shape index (κ2) is 7.01. The first kappa shape index (κ1) is 16.5. The Morgan fingerprint density at radius 3 is 2.42 bits per heavy atom. The number of likely N-dealkylation sites (tertiary alicyclic amines) is 1. The number of rotatable bonds is 3. The summed E-state index contributed by atoms with van der Waals surface area (Å²) in [5.74, 6) is -0.870. The summed E-state index contributed by atoms with van der Waals surface area (Å²) in [6, 6.07) is 10.5. The molecule has 1 aliphatic heterocycles. The van der Waals surface area contributed by atoms with Gasteiger partial charge in [0.2, 0.25) is 0 Å². The maximum absolute atomic E-state index is 12.5. The second-order valence-corrected chi connectivity index (χ2v) is 6.29. The maximum atomic E-state index is 12.5. The SMILES string of the molecule is O=C(O)c1ccnc(C(=O)N2CCC(c3ccc(Cl)cc3)CC2)c1. The summed E-state index contributed by atoms with van der Waals surface area (Å²) in [5, 5.41) is 9.74. The Kier molecular flexibility index (Phi) is 4.81. The lowest BCUT2D eigenvalue weighted by Crippen LogP contribution is -2.38. The molecule has 1 aromatic heterocycles. The average molecular weight is 345 g/mol. The first-order chi connectivity index (χ1) is 11.5. The van der Waals surface area contributed by atoms with Crippen LogP contribution in [-0.4, -0.2) is 40.0 Å². The van der Waals surface area contributed by atoms with Gasteiger partial charge in [-0.1, -0.05) is 23.7 Å². The van der Waals surface area contributed by atoms with E-state index in [1.54, 1.807) is 4.90 Å². The summed E-state index contributed by atoms with van der Waals surface area (Å²) >= 11 is 5.92. The number of nitrogens with zero attached hydrogens (tertiary/aromatic N) is 2. The molecule has 2 heterocycles. The van der Waals surface area contributed by atoms with E-state index in [-0.39, 0.29) is 17.2 Å². The van der Waals surface area contributed by atoms with Crippen LogP contribution in [0.15, 0.2) is 42.6 Å². The minimum absolute atomic E-state index is 0.0735. The van der Waals surface area contributed by atoms with Crippen molar-refractivity contribution in [2.75, 3.05) is 13.1 Å². The monoisotopic (exact) mass is 344 g/mol. The number of carbonyl (C=O) groups excluding carboxylic acids is 1. The largest absolute Gasteiger partial charge is 0.478 e. The summed E-state index contributed by atoms with van der Waals surface area (Å²) in [7, 11) is 0. The zero-order chi connectivity index (χ0) is 17.1. The smallest absolute Gasteiger partial charge is 0.335 e. The van der Waals surface area contributed by atoms with Gasteiger partial charge in [0.05, 0.1) is 5.56 Å². The molecular formula is C18H17ClN2O3. The van der Waals surface area contributed by atoms with Crippen molar-refractivity contribution < 1.29 is 14.7 Å². The Hall–Kier alpha value is -2.40. The van der Waals surface area contributed by atoms with E-state index >= 15 is 0 Å². The number of halogens is 1. The lowest BCUT2D eigenvalue weighted by molar-refractivity contribution is 0.0696. The van der Waals surface area contributed by atoms with E-state index < -0.39 is 5.97 Å². The Labute approximate surface area is 144 Å². The van der Waals surface area contributed by atoms with Crippen LogP contribution >= 0.6 is 11.6 Å². The van der Waals surface area contributed by atoms with Gasteiger partial charge in [-0.3, -0.25) is 9.78 Å². The van der Waals surface area contributed by atoms with Gasteiger partial charge in [-0.05, 0) is 48.6 Å². The quantitative estimate of drug-likeness (QED) is 0.925. The third-order valence-electron chi connectivity index (χ3n) is 4.35. The van der Waals surface area contributed by atoms with Gasteiger partial charge in [-0.2, -0.15) is 0 Å². The topological polar surface area (TPSA) is 70.5 Å². The van der Waals surface area contributed by atoms with E-state index in [9.17, 15) is 9.59 Å². The van der Waals surface area contributed by atoms with Crippen LogP contribution in [0, 0.1) is 0 Å². The number of piperidine rings is 1. The van der Waals surface area contributed by atoms with Crippen LogP contribution in [0.5, 0.6) is 0 Å². The third-order valence-corrected chi connectivity index (χ3v) is 4.60. The van der Waals surface area contributed by atoms with Crippen LogP contribution in [0.1, 0.15) is 45.2 Å². The van der Waals surface area contributed by atoms with Crippen LogP contribution in [0.3, 0.4) is 0 Å². The molecule has 1 aliphatic rings. The Morgan fingerprint density at radius 2 is 1.79 bits per heavy atom. The molecule has 0 aliphatic carbocycles. The lowest BCUT2D eigenvalue weighted by atomic mass is 9.89. The number of carboxylic acid groups (broad SMARTS) is 1. The van der Waals surface area contributed by atoms with Gasteiger partial charge in [0.25, 0.3) is 5.91 Å². The van der Waals surface area contributed by atoms with E-state index in [4.69, 9.17) is 16.7 Å². The van der Waals surface area contributed by atoms with Crippen molar-refractivity contribution >= 4 is 23.5 Å². The number of hydrogen-bond donors (Lipinski definition) is 1. The van der Waals surface area contributed by atoms with E-state index in [2.05, 4.69) is 4.98 Å². The third kappa shape index (κ3) is 3.57. The normalized spacial score (nSPS) is 15.3. The maximum Gasteiger partial charge on any atom is 0.335 e. The van der Waals surface area contributed by atoms with Gasteiger partial charge >= 0.3 is 5.97 Å². The molecule has 1 amide bonds. The molecule has 1 N–H and O–H groups in total. The molecule has 2 aromatic rings. The Balaban J connectivity index is 1.66. The lowest BCUT2D eigenvalue weighted by Gasteiger charge is -2.32. The first-order valence-corrected chi connectivity index (χ1v) is 8.16. The summed E-state index contributed by atoms with van der Waals surface area (Å²) < 4.78 is 0. The van der Waals surface area contributed by atoms with Crippen molar-refractivity contribution in [1.29, 1.82) is 0 Å². The van der Waals surface area contributed by atoms with Crippen LogP contribution < -0.4 is 0 Å². The molecule has 6 heteroatoms. The van der Waals surface area contributed by atoms with Crippen LogP contribution in [0.25, 0.3) is 0 Å². The Bertz CT molecular complexity index is 753. The van der Waals surface area contributed by atoms with Crippen molar-refractivity contribution in [1.82, 2.24) is 9.88 Å². The van der Waals surface area contributed by atoms with Gasteiger partial charge in [-0.15, -0.1) is 0 Å². The number of aromatic nitrogens is 1. The van der Waals surface area contributed by atoms with E-state index in [1.807, 2.05) is 24.3 Å². The fourth-order valence-corrected chi connectivity index (χ4v) is 3.12. The van der Waals surface area contributed by atoms with E-state index in [0.29, 0.717) is 19.0 Å². The molecule has 0 spiro atoms. The number of carbonyl (C=O) groups is 2. The van der Waals surface area contributed by atoms with Crippen molar-refractivity contribution in [2.45, 2.75) is 18.8 Å². The number of hydrogen-bond acceptors (Lipinski definition) is 3. The predicted molar refractivity (Wildman–Crippen MR) is 90.5 cm³/mol. The molecule has 124 valence electrons. The minimum Gasteiger partial charge on any atom is -0.478 e. The minimum atomic E-state index is -1.06. The zero-order valence-electron chi connectivity index (χ0n) is 13.0. The molecule has 1 fully saturated rings. The van der Waals surface area contributed by atoms with E-state index in [1.165, 1.54) is 23.9 Å². The molecule has 0 saturated carbocycles. The molecule has 1 saturated heterocycles. The van der Waals surface area contributed by atoms with Gasteiger partial charge in [0.1, 0.15) is 5.69 Å². The highest BCUT2D eigenvalue weighted by atomic mass is 35.5. The summed E-state index contributed by atoms with van der Waals surface area (Å²) in [4.78, 5) is 29.3.